The first kappa shape index (κ1) is 23.6. The molecule has 2 aromatic carbocycles. The van der Waals surface area contributed by atoms with Crippen LogP contribution in [-0.4, -0.2) is 42.6 Å². The van der Waals surface area contributed by atoms with Gasteiger partial charge in [-0.15, -0.1) is 0 Å². The molecule has 0 saturated heterocycles. The van der Waals surface area contributed by atoms with Crippen molar-refractivity contribution >= 4 is 48.7 Å². The highest BCUT2D eigenvalue weighted by molar-refractivity contribution is 6.55. The van der Waals surface area contributed by atoms with Gasteiger partial charge >= 0.3 is 0 Å². The second-order valence-electron chi connectivity index (χ2n) is 9.82. The number of carbonyl (C=O) groups is 1. The summed E-state index contributed by atoms with van der Waals surface area (Å²) < 4.78 is 13.8. The Balaban J connectivity index is 1.99. The molecule has 1 amide bonds. The molecule has 0 unspecified atom stereocenters. The second kappa shape index (κ2) is 7.79. The molecule has 0 spiro atoms. The number of anilines is 2. The van der Waals surface area contributed by atoms with E-state index in [4.69, 9.17) is 31.4 Å². The maximum Gasteiger partial charge on any atom is 0.224 e. The van der Waals surface area contributed by atoms with Crippen LogP contribution in [0, 0.1) is 25.1 Å². The van der Waals surface area contributed by atoms with E-state index in [1.54, 1.807) is 11.0 Å². The summed E-state index contributed by atoms with van der Waals surface area (Å²) in [6.45, 7) is 10.2. The summed E-state index contributed by atoms with van der Waals surface area (Å²) in [5.74, 6) is -0.499. The molecule has 2 aromatic rings. The zero-order valence-corrected chi connectivity index (χ0v) is 18.8. The first-order chi connectivity index (χ1) is 14.1. The van der Waals surface area contributed by atoms with Gasteiger partial charge in [-0.1, -0.05) is 37.6 Å². The summed E-state index contributed by atoms with van der Waals surface area (Å²) in [5, 5.41) is -0.354. The molecule has 3 nitrogen and oxygen atoms in total. The Hall–Kier alpha value is -2.10. The van der Waals surface area contributed by atoms with E-state index in [2.05, 4.69) is 5.32 Å². The Morgan fingerprint density at radius 3 is 2.23 bits per heavy atom. The van der Waals surface area contributed by atoms with Crippen LogP contribution in [0.5, 0.6) is 0 Å². The molecule has 0 aliphatic carbocycles. The minimum Gasteiger partial charge on any atom is -0.379 e. The fraction of sp³-hybridized carbons (Fsp3) is 0.435. The number of nitrogens with one attached hydrogen (secondary N) is 1. The van der Waals surface area contributed by atoms with Crippen LogP contribution in [0.15, 0.2) is 30.3 Å². The highest BCUT2D eigenvalue weighted by Crippen LogP contribution is 2.42. The van der Waals surface area contributed by atoms with Gasteiger partial charge in [0, 0.05) is 24.3 Å². The summed E-state index contributed by atoms with van der Waals surface area (Å²) in [5.41, 5.74) is 4.20. The normalized spacial score (nSPS) is 17.2. The number of benzene rings is 2. The molecule has 0 aromatic heterocycles. The van der Waals surface area contributed by atoms with E-state index in [1.165, 1.54) is 12.1 Å². The standard InChI is InChI=1S/C23H25B4FN2O/c1-13-8-17(9-14(2)20(13)29-19(31)11-21(3,4)5)30-12-15-6-7-16(28)10-18(15)22(24,25)23(30,26)27/h6-10H,11-12H2,1-5H3,(H,29,31). The predicted octanol–water partition coefficient (Wildman–Crippen LogP) is 3.32. The van der Waals surface area contributed by atoms with Gasteiger partial charge < -0.3 is 10.2 Å². The van der Waals surface area contributed by atoms with Gasteiger partial charge in [0.25, 0.3) is 0 Å². The zero-order valence-electron chi connectivity index (χ0n) is 18.8. The van der Waals surface area contributed by atoms with Crippen LogP contribution in [0.1, 0.15) is 49.4 Å². The van der Waals surface area contributed by atoms with Crippen molar-refractivity contribution in [1.29, 1.82) is 0 Å². The molecule has 152 valence electrons. The Kier molecular flexibility index (Phi) is 5.92. The summed E-state index contributed by atoms with van der Waals surface area (Å²) >= 11 is 0. The average Bonchev–Trinajstić information content (AvgIpc) is 2.60. The Labute approximate surface area is 190 Å². The van der Waals surface area contributed by atoms with E-state index in [1.807, 2.05) is 46.8 Å². The van der Waals surface area contributed by atoms with Gasteiger partial charge in [0.15, 0.2) is 0 Å². The molecule has 8 radical (unpaired) electrons. The summed E-state index contributed by atoms with van der Waals surface area (Å²) in [4.78, 5) is 14.2. The third-order valence-corrected chi connectivity index (χ3v) is 5.74. The molecule has 0 bridgehead atoms. The molecule has 8 heteroatoms. The van der Waals surface area contributed by atoms with E-state index >= 15 is 0 Å². The van der Waals surface area contributed by atoms with E-state index < -0.39 is 16.4 Å². The third kappa shape index (κ3) is 4.44. The summed E-state index contributed by atoms with van der Waals surface area (Å²) in [6.07, 6.45) is 0.407. The Morgan fingerprint density at radius 2 is 1.68 bits per heavy atom. The van der Waals surface area contributed by atoms with Gasteiger partial charge in [-0.3, -0.25) is 4.79 Å². The van der Waals surface area contributed by atoms with Crippen LogP contribution in [0.25, 0.3) is 0 Å². The quantitative estimate of drug-likeness (QED) is 0.792. The molecule has 0 fully saturated rings. The lowest BCUT2D eigenvalue weighted by Crippen LogP contribution is -2.67. The second-order valence-corrected chi connectivity index (χ2v) is 9.82. The monoisotopic (exact) mass is 408 g/mol. The fourth-order valence-electron chi connectivity index (χ4n) is 4.08. The van der Waals surface area contributed by atoms with Crippen LogP contribution >= 0.6 is 0 Å². The number of carbonyl (C=O) groups excluding carboxylic acids is 1. The largest absolute Gasteiger partial charge is 0.379 e. The molecule has 1 heterocycles. The fourth-order valence-corrected chi connectivity index (χ4v) is 4.08. The third-order valence-electron chi connectivity index (χ3n) is 5.74. The smallest absolute Gasteiger partial charge is 0.224 e. The van der Waals surface area contributed by atoms with Crippen LogP contribution in [0.4, 0.5) is 15.8 Å². The van der Waals surface area contributed by atoms with Crippen LogP contribution in [-0.2, 0) is 16.6 Å². The lowest BCUT2D eigenvalue weighted by atomic mass is 9.30. The van der Waals surface area contributed by atoms with Crippen molar-refractivity contribution in [3.05, 3.63) is 58.4 Å². The van der Waals surface area contributed by atoms with E-state index in [9.17, 15) is 9.18 Å². The molecular formula is C23H25B4FN2O. The van der Waals surface area contributed by atoms with Crippen LogP contribution < -0.4 is 10.2 Å². The number of nitrogens with zero attached hydrogens (tertiary/aromatic N) is 1. The molecular weight excluding hydrogens is 383 g/mol. The van der Waals surface area contributed by atoms with Gasteiger partial charge in [0.05, 0.1) is 31.4 Å². The highest BCUT2D eigenvalue weighted by atomic mass is 19.1. The SMILES string of the molecule is [B]C1([B])c2cc(F)ccc2CN(c2cc(C)c(NC(=O)CC(C)(C)C)c(C)c2)C1([B])[B]. The van der Waals surface area contributed by atoms with E-state index in [-0.39, 0.29) is 11.3 Å². The summed E-state index contributed by atoms with van der Waals surface area (Å²) in [7, 11) is 25.6. The molecule has 0 atom stereocenters. The number of fused-ring (bicyclic) bond motifs is 1. The molecule has 1 aliphatic rings. The van der Waals surface area contributed by atoms with Crippen molar-refractivity contribution in [3.63, 3.8) is 0 Å². The van der Waals surface area contributed by atoms with Crippen molar-refractivity contribution in [2.24, 2.45) is 5.41 Å². The van der Waals surface area contributed by atoms with Crippen molar-refractivity contribution in [3.8, 4) is 0 Å². The number of rotatable bonds is 3. The van der Waals surface area contributed by atoms with Gasteiger partial charge in [0.2, 0.25) is 5.91 Å². The predicted molar refractivity (Wildman–Crippen MR) is 129 cm³/mol. The van der Waals surface area contributed by atoms with E-state index in [0.717, 1.165) is 22.4 Å². The van der Waals surface area contributed by atoms with Crippen molar-refractivity contribution in [1.82, 2.24) is 0 Å². The van der Waals surface area contributed by atoms with Crippen molar-refractivity contribution < 1.29 is 9.18 Å². The van der Waals surface area contributed by atoms with Crippen LogP contribution in [0.2, 0.25) is 0 Å². The summed E-state index contributed by atoms with van der Waals surface area (Å²) in [6, 6.07) is 8.06. The lowest BCUT2D eigenvalue weighted by Gasteiger charge is -2.57. The maximum absolute atomic E-state index is 13.8. The Morgan fingerprint density at radius 1 is 1.10 bits per heavy atom. The number of hydrogen-bond donors (Lipinski definition) is 1. The van der Waals surface area contributed by atoms with Gasteiger partial charge in [-0.2, -0.15) is 0 Å². The van der Waals surface area contributed by atoms with Gasteiger partial charge in [0.1, 0.15) is 5.82 Å². The van der Waals surface area contributed by atoms with Crippen molar-refractivity contribution in [2.45, 2.75) is 58.1 Å². The average molecular weight is 408 g/mol. The minimum atomic E-state index is -1.69. The first-order valence-electron chi connectivity index (χ1n) is 10.3. The number of aryl methyl sites for hydroxylation is 2. The van der Waals surface area contributed by atoms with E-state index in [0.29, 0.717) is 24.2 Å². The van der Waals surface area contributed by atoms with Crippen molar-refractivity contribution in [2.75, 3.05) is 10.2 Å². The minimum absolute atomic E-state index is 0.0460. The number of amides is 1. The number of halogens is 1. The van der Waals surface area contributed by atoms with Gasteiger partial charge in [-0.05, 0) is 65.6 Å². The number of hydrogen-bond acceptors (Lipinski definition) is 2. The zero-order chi connectivity index (χ0) is 23.4. The van der Waals surface area contributed by atoms with Crippen LogP contribution in [0.3, 0.4) is 0 Å². The molecule has 1 N–H and O–H groups in total. The first-order valence-corrected chi connectivity index (χ1v) is 10.3. The lowest BCUT2D eigenvalue weighted by molar-refractivity contribution is -0.117. The molecule has 31 heavy (non-hydrogen) atoms. The maximum atomic E-state index is 13.8. The molecule has 3 rings (SSSR count). The van der Waals surface area contributed by atoms with Gasteiger partial charge in [-0.25, -0.2) is 4.39 Å². The highest BCUT2D eigenvalue weighted by Gasteiger charge is 2.45. The Bertz CT molecular complexity index is 1010. The molecule has 0 saturated carbocycles. The molecule has 1 aliphatic heterocycles. The topological polar surface area (TPSA) is 32.3 Å².